The van der Waals surface area contributed by atoms with Gasteiger partial charge in [-0.05, 0) is 42.9 Å². The number of rotatable bonds is 2. The van der Waals surface area contributed by atoms with Crippen molar-refractivity contribution in [2.75, 3.05) is 13.2 Å². The molecule has 0 N–H and O–H groups in total. The second-order valence-electron chi connectivity index (χ2n) is 3.89. The molecule has 2 heteroatoms. The van der Waals surface area contributed by atoms with Crippen molar-refractivity contribution in [3.05, 3.63) is 35.6 Å². The molecule has 0 amide bonds. The van der Waals surface area contributed by atoms with Gasteiger partial charge in [-0.2, -0.15) is 0 Å². The topological polar surface area (TPSA) is 9.23 Å². The molecule has 0 unspecified atom stereocenters. The van der Waals surface area contributed by atoms with Gasteiger partial charge in [-0.15, -0.1) is 0 Å². The van der Waals surface area contributed by atoms with Crippen molar-refractivity contribution < 1.29 is 9.13 Å². The van der Waals surface area contributed by atoms with E-state index in [0.29, 0.717) is 5.92 Å². The Kier molecular flexibility index (Phi) is 3.14. The molecule has 1 heterocycles. The molecule has 0 saturated carbocycles. The molecule has 1 nitrogen and oxygen atoms in total. The van der Waals surface area contributed by atoms with Crippen LogP contribution >= 0.6 is 0 Å². The molecule has 0 bridgehead atoms. The largest absolute Gasteiger partial charge is 0.381 e. The van der Waals surface area contributed by atoms with Crippen molar-refractivity contribution >= 4 is 0 Å². The molecule has 1 aliphatic rings. The highest BCUT2D eigenvalue weighted by Crippen LogP contribution is 2.19. The van der Waals surface area contributed by atoms with Crippen LogP contribution in [0.2, 0.25) is 0 Å². The van der Waals surface area contributed by atoms with Gasteiger partial charge < -0.3 is 4.74 Å². The van der Waals surface area contributed by atoms with E-state index in [2.05, 4.69) is 0 Å². The fraction of sp³-hybridized carbons (Fsp3) is 0.500. The first-order chi connectivity index (χ1) is 6.84. The minimum absolute atomic E-state index is 0.152. The van der Waals surface area contributed by atoms with E-state index < -0.39 is 0 Å². The van der Waals surface area contributed by atoms with E-state index in [4.69, 9.17) is 4.74 Å². The van der Waals surface area contributed by atoms with Crippen LogP contribution in [0, 0.1) is 11.7 Å². The van der Waals surface area contributed by atoms with Gasteiger partial charge in [0.15, 0.2) is 0 Å². The maximum atomic E-state index is 12.6. The van der Waals surface area contributed by atoms with Crippen LogP contribution in [0.1, 0.15) is 18.4 Å². The normalized spacial score (nSPS) is 18.4. The maximum Gasteiger partial charge on any atom is 0.123 e. The van der Waals surface area contributed by atoms with Gasteiger partial charge in [0, 0.05) is 13.2 Å². The number of hydrogen-bond acceptors (Lipinski definition) is 1. The molecule has 14 heavy (non-hydrogen) atoms. The first-order valence-electron chi connectivity index (χ1n) is 5.17. The predicted molar refractivity (Wildman–Crippen MR) is 53.6 cm³/mol. The quantitative estimate of drug-likeness (QED) is 0.703. The van der Waals surface area contributed by atoms with Gasteiger partial charge in [0.25, 0.3) is 0 Å². The van der Waals surface area contributed by atoms with Crippen molar-refractivity contribution in [3.8, 4) is 0 Å². The van der Waals surface area contributed by atoms with Crippen LogP contribution < -0.4 is 0 Å². The average Bonchev–Trinajstić information content (AvgIpc) is 2.23. The number of benzene rings is 1. The second-order valence-corrected chi connectivity index (χ2v) is 3.89. The molecular formula is C12H15FO. The van der Waals surface area contributed by atoms with Crippen molar-refractivity contribution in [1.82, 2.24) is 0 Å². The monoisotopic (exact) mass is 194 g/mol. The second kappa shape index (κ2) is 4.56. The van der Waals surface area contributed by atoms with E-state index in [1.54, 1.807) is 0 Å². The molecule has 76 valence electrons. The third-order valence-corrected chi connectivity index (χ3v) is 2.78. The van der Waals surface area contributed by atoms with E-state index in [0.717, 1.165) is 32.5 Å². The highest BCUT2D eigenvalue weighted by atomic mass is 19.1. The number of halogens is 1. The van der Waals surface area contributed by atoms with Crippen LogP contribution in [-0.2, 0) is 11.2 Å². The fourth-order valence-corrected chi connectivity index (χ4v) is 1.90. The molecule has 0 atom stereocenters. The Morgan fingerprint density at radius 3 is 2.43 bits per heavy atom. The summed E-state index contributed by atoms with van der Waals surface area (Å²) in [6, 6.07) is 6.83. The Balaban J connectivity index is 1.92. The third-order valence-electron chi connectivity index (χ3n) is 2.78. The van der Waals surface area contributed by atoms with Gasteiger partial charge in [0.2, 0.25) is 0 Å². The molecular weight excluding hydrogens is 179 g/mol. The summed E-state index contributed by atoms with van der Waals surface area (Å²) in [5, 5.41) is 0. The van der Waals surface area contributed by atoms with Crippen LogP contribution in [0.25, 0.3) is 0 Å². The van der Waals surface area contributed by atoms with E-state index in [1.807, 2.05) is 12.1 Å². The Hall–Kier alpha value is -0.890. The number of ether oxygens (including phenoxy) is 1. The zero-order valence-electron chi connectivity index (χ0n) is 8.21. The van der Waals surface area contributed by atoms with E-state index >= 15 is 0 Å². The standard InChI is InChI=1S/C12H15FO/c13-12-3-1-10(2-4-12)9-11-5-7-14-8-6-11/h1-4,11H,5-9H2. The van der Waals surface area contributed by atoms with Gasteiger partial charge in [-0.1, -0.05) is 12.1 Å². The minimum Gasteiger partial charge on any atom is -0.381 e. The van der Waals surface area contributed by atoms with E-state index in [1.165, 1.54) is 17.7 Å². The van der Waals surface area contributed by atoms with Gasteiger partial charge in [-0.25, -0.2) is 4.39 Å². The fourth-order valence-electron chi connectivity index (χ4n) is 1.90. The predicted octanol–water partition coefficient (Wildman–Crippen LogP) is 2.79. The molecule has 0 aromatic heterocycles. The van der Waals surface area contributed by atoms with Gasteiger partial charge in [0.05, 0.1) is 0 Å². The summed E-state index contributed by atoms with van der Waals surface area (Å²) < 4.78 is 17.9. The molecule has 2 rings (SSSR count). The van der Waals surface area contributed by atoms with Gasteiger partial charge in [-0.3, -0.25) is 0 Å². The highest BCUT2D eigenvalue weighted by Gasteiger charge is 2.13. The zero-order valence-corrected chi connectivity index (χ0v) is 8.21. The van der Waals surface area contributed by atoms with Gasteiger partial charge >= 0.3 is 0 Å². The summed E-state index contributed by atoms with van der Waals surface area (Å²) in [7, 11) is 0. The summed E-state index contributed by atoms with van der Waals surface area (Å²) in [6.07, 6.45) is 3.33. The summed E-state index contributed by atoms with van der Waals surface area (Å²) >= 11 is 0. The van der Waals surface area contributed by atoms with Crippen LogP contribution in [0.5, 0.6) is 0 Å². The van der Waals surface area contributed by atoms with Crippen molar-refractivity contribution in [3.63, 3.8) is 0 Å². The van der Waals surface area contributed by atoms with E-state index in [9.17, 15) is 4.39 Å². The molecule has 1 saturated heterocycles. The molecule has 0 aliphatic carbocycles. The Bertz CT molecular complexity index is 275. The smallest absolute Gasteiger partial charge is 0.123 e. The first-order valence-corrected chi connectivity index (χ1v) is 5.17. The van der Waals surface area contributed by atoms with Crippen LogP contribution in [-0.4, -0.2) is 13.2 Å². The van der Waals surface area contributed by atoms with E-state index in [-0.39, 0.29) is 5.82 Å². The zero-order chi connectivity index (χ0) is 9.80. The molecule has 1 aliphatic heterocycles. The summed E-state index contributed by atoms with van der Waals surface area (Å²) in [4.78, 5) is 0. The lowest BCUT2D eigenvalue weighted by Gasteiger charge is -2.21. The van der Waals surface area contributed by atoms with Crippen molar-refractivity contribution in [2.45, 2.75) is 19.3 Å². The summed E-state index contributed by atoms with van der Waals surface area (Å²) in [6.45, 7) is 1.76. The average molecular weight is 194 g/mol. The summed E-state index contributed by atoms with van der Waals surface area (Å²) in [5.41, 5.74) is 1.23. The van der Waals surface area contributed by atoms with Crippen molar-refractivity contribution in [2.24, 2.45) is 5.92 Å². The Morgan fingerprint density at radius 2 is 1.79 bits per heavy atom. The number of hydrogen-bond donors (Lipinski definition) is 0. The lowest BCUT2D eigenvalue weighted by Crippen LogP contribution is -2.17. The highest BCUT2D eigenvalue weighted by molar-refractivity contribution is 5.16. The van der Waals surface area contributed by atoms with Crippen LogP contribution in [0.4, 0.5) is 4.39 Å². The molecule has 0 spiro atoms. The summed E-state index contributed by atoms with van der Waals surface area (Å²) in [5.74, 6) is 0.565. The Labute approximate surface area is 83.9 Å². The maximum absolute atomic E-state index is 12.6. The molecule has 1 aromatic carbocycles. The lowest BCUT2D eigenvalue weighted by atomic mass is 9.92. The molecule has 1 fully saturated rings. The van der Waals surface area contributed by atoms with Crippen LogP contribution in [0.15, 0.2) is 24.3 Å². The third kappa shape index (κ3) is 2.55. The molecule has 0 radical (unpaired) electrons. The SMILES string of the molecule is Fc1ccc(CC2CCOCC2)cc1. The minimum atomic E-state index is -0.152. The first kappa shape index (κ1) is 9.66. The van der Waals surface area contributed by atoms with Crippen LogP contribution in [0.3, 0.4) is 0 Å². The van der Waals surface area contributed by atoms with Gasteiger partial charge in [0.1, 0.15) is 5.82 Å². The molecule has 1 aromatic rings. The lowest BCUT2D eigenvalue weighted by molar-refractivity contribution is 0.0665. The van der Waals surface area contributed by atoms with Crippen molar-refractivity contribution in [1.29, 1.82) is 0 Å². The Morgan fingerprint density at radius 1 is 1.14 bits per heavy atom.